The number of unbranched alkanes of at least 4 members (excludes halogenated alkanes) is 4. The van der Waals surface area contributed by atoms with E-state index in [-0.39, 0.29) is 0 Å². The van der Waals surface area contributed by atoms with E-state index in [1.807, 2.05) is 13.0 Å². The first-order chi connectivity index (χ1) is 9.20. The summed E-state index contributed by atoms with van der Waals surface area (Å²) in [6.45, 7) is 7.16. The molecular formula is C17H28O2. The van der Waals surface area contributed by atoms with Crippen molar-refractivity contribution in [1.29, 1.82) is 0 Å². The fourth-order valence-corrected chi connectivity index (χ4v) is 2.25. The summed E-state index contributed by atoms with van der Waals surface area (Å²) in [7, 11) is 0. The van der Waals surface area contributed by atoms with Gasteiger partial charge in [-0.15, -0.1) is 0 Å². The molecule has 0 saturated carbocycles. The third-order valence-corrected chi connectivity index (χ3v) is 3.56. The predicted octanol–water partition coefficient (Wildman–Crippen LogP) is 5.00. The molecule has 0 aliphatic carbocycles. The molecule has 0 aliphatic rings. The number of rotatable bonds is 9. The molecule has 0 amide bonds. The fourth-order valence-electron chi connectivity index (χ4n) is 2.25. The first-order valence-electron chi connectivity index (χ1n) is 7.64. The zero-order valence-electron chi connectivity index (χ0n) is 12.7. The summed E-state index contributed by atoms with van der Waals surface area (Å²) in [5.74, 6) is 1.34. The lowest BCUT2D eigenvalue weighted by atomic mass is 10.0. The molecule has 0 fully saturated rings. The maximum Gasteiger partial charge on any atom is 0.123 e. The molecule has 0 spiro atoms. The van der Waals surface area contributed by atoms with Crippen molar-refractivity contribution in [2.45, 2.75) is 65.7 Å². The second kappa shape index (κ2) is 8.84. The summed E-state index contributed by atoms with van der Waals surface area (Å²) in [6.07, 6.45) is 8.12. The number of phenols is 1. The maximum atomic E-state index is 9.84. The minimum atomic E-state index is 0.382. The third kappa shape index (κ3) is 5.14. The monoisotopic (exact) mass is 264 g/mol. The lowest BCUT2D eigenvalue weighted by Gasteiger charge is -2.15. The molecule has 0 atom stereocenters. The SMILES string of the molecule is CCCCCOc1ccc(O)c(C)c1CCCCC. The van der Waals surface area contributed by atoms with Crippen LogP contribution in [0.25, 0.3) is 0 Å². The second-order valence-electron chi connectivity index (χ2n) is 5.20. The molecule has 0 bridgehead atoms. The van der Waals surface area contributed by atoms with E-state index in [0.717, 1.165) is 37.2 Å². The van der Waals surface area contributed by atoms with E-state index < -0.39 is 0 Å². The largest absolute Gasteiger partial charge is 0.508 e. The summed E-state index contributed by atoms with van der Waals surface area (Å²) in [4.78, 5) is 0. The minimum Gasteiger partial charge on any atom is -0.508 e. The first-order valence-corrected chi connectivity index (χ1v) is 7.64. The van der Waals surface area contributed by atoms with Crippen LogP contribution < -0.4 is 4.74 Å². The molecular weight excluding hydrogens is 236 g/mol. The summed E-state index contributed by atoms with van der Waals surface area (Å²) >= 11 is 0. The smallest absolute Gasteiger partial charge is 0.123 e. The van der Waals surface area contributed by atoms with Gasteiger partial charge in [-0.25, -0.2) is 0 Å². The lowest BCUT2D eigenvalue weighted by Crippen LogP contribution is -2.02. The molecule has 2 heteroatoms. The molecule has 0 unspecified atom stereocenters. The van der Waals surface area contributed by atoms with Crippen LogP contribution in [0.15, 0.2) is 12.1 Å². The number of hydrogen-bond donors (Lipinski definition) is 1. The summed E-state index contributed by atoms with van der Waals surface area (Å²) in [5.41, 5.74) is 2.16. The van der Waals surface area contributed by atoms with Crippen LogP contribution in [0, 0.1) is 6.92 Å². The van der Waals surface area contributed by atoms with Gasteiger partial charge in [-0.2, -0.15) is 0 Å². The maximum absolute atomic E-state index is 9.84. The van der Waals surface area contributed by atoms with Crippen molar-refractivity contribution in [2.24, 2.45) is 0 Å². The highest BCUT2D eigenvalue weighted by atomic mass is 16.5. The zero-order chi connectivity index (χ0) is 14.1. The summed E-state index contributed by atoms with van der Waals surface area (Å²) in [6, 6.07) is 3.66. The van der Waals surface area contributed by atoms with Crippen LogP contribution in [-0.2, 0) is 6.42 Å². The fraction of sp³-hybridized carbons (Fsp3) is 0.647. The van der Waals surface area contributed by atoms with Gasteiger partial charge < -0.3 is 9.84 Å². The van der Waals surface area contributed by atoms with Crippen LogP contribution in [-0.4, -0.2) is 11.7 Å². The van der Waals surface area contributed by atoms with Gasteiger partial charge in [-0.3, -0.25) is 0 Å². The van der Waals surface area contributed by atoms with Crippen LogP contribution in [0.2, 0.25) is 0 Å². The highest BCUT2D eigenvalue weighted by molar-refractivity contribution is 5.47. The second-order valence-corrected chi connectivity index (χ2v) is 5.20. The summed E-state index contributed by atoms with van der Waals surface area (Å²) < 4.78 is 5.89. The molecule has 0 aromatic heterocycles. The molecule has 19 heavy (non-hydrogen) atoms. The normalized spacial score (nSPS) is 10.7. The van der Waals surface area contributed by atoms with Crippen LogP contribution in [0.5, 0.6) is 11.5 Å². The average Bonchev–Trinajstić information content (AvgIpc) is 2.41. The molecule has 0 saturated heterocycles. The van der Waals surface area contributed by atoms with E-state index in [2.05, 4.69) is 13.8 Å². The predicted molar refractivity (Wildman–Crippen MR) is 81.1 cm³/mol. The van der Waals surface area contributed by atoms with Crippen molar-refractivity contribution >= 4 is 0 Å². The van der Waals surface area contributed by atoms with Crippen LogP contribution in [0.4, 0.5) is 0 Å². The van der Waals surface area contributed by atoms with Crippen molar-refractivity contribution in [3.63, 3.8) is 0 Å². The van der Waals surface area contributed by atoms with Gasteiger partial charge in [0.1, 0.15) is 11.5 Å². The van der Waals surface area contributed by atoms with Gasteiger partial charge in [0.25, 0.3) is 0 Å². The van der Waals surface area contributed by atoms with Crippen molar-refractivity contribution in [1.82, 2.24) is 0 Å². The lowest BCUT2D eigenvalue weighted by molar-refractivity contribution is 0.302. The van der Waals surface area contributed by atoms with Gasteiger partial charge in [-0.1, -0.05) is 39.5 Å². The molecule has 1 aromatic rings. The molecule has 2 nitrogen and oxygen atoms in total. The zero-order valence-corrected chi connectivity index (χ0v) is 12.7. The Morgan fingerprint density at radius 3 is 2.37 bits per heavy atom. The topological polar surface area (TPSA) is 29.5 Å². The van der Waals surface area contributed by atoms with E-state index in [9.17, 15) is 5.11 Å². The van der Waals surface area contributed by atoms with E-state index in [1.54, 1.807) is 6.07 Å². The van der Waals surface area contributed by atoms with Gasteiger partial charge in [0.15, 0.2) is 0 Å². The standard InChI is InChI=1S/C17H28O2/c1-4-6-8-10-15-14(3)16(18)11-12-17(15)19-13-9-7-5-2/h11-12,18H,4-10,13H2,1-3H3. The van der Waals surface area contributed by atoms with Gasteiger partial charge in [0, 0.05) is 5.56 Å². The van der Waals surface area contributed by atoms with Crippen molar-refractivity contribution in [2.75, 3.05) is 6.61 Å². The van der Waals surface area contributed by atoms with Crippen molar-refractivity contribution < 1.29 is 9.84 Å². The molecule has 1 rings (SSSR count). The molecule has 0 radical (unpaired) electrons. The summed E-state index contributed by atoms with van der Waals surface area (Å²) in [5, 5.41) is 9.84. The Morgan fingerprint density at radius 2 is 1.68 bits per heavy atom. The number of ether oxygens (including phenoxy) is 1. The average molecular weight is 264 g/mol. The molecule has 0 heterocycles. The quantitative estimate of drug-likeness (QED) is 0.636. The molecule has 108 valence electrons. The Hall–Kier alpha value is -1.18. The van der Waals surface area contributed by atoms with Gasteiger partial charge in [-0.05, 0) is 43.9 Å². The highest BCUT2D eigenvalue weighted by Gasteiger charge is 2.10. The van der Waals surface area contributed by atoms with Crippen LogP contribution in [0.1, 0.15) is 63.5 Å². The number of phenolic OH excluding ortho intramolecular Hbond substituents is 1. The van der Waals surface area contributed by atoms with Crippen LogP contribution in [0.3, 0.4) is 0 Å². The molecule has 1 N–H and O–H groups in total. The Kier molecular flexibility index (Phi) is 7.39. The first kappa shape index (κ1) is 15.9. The van der Waals surface area contributed by atoms with E-state index in [0.29, 0.717) is 5.75 Å². The molecule has 0 aliphatic heterocycles. The van der Waals surface area contributed by atoms with Gasteiger partial charge in [0.05, 0.1) is 6.61 Å². The Morgan fingerprint density at radius 1 is 1.00 bits per heavy atom. The Balaban J connectivity index is 2.69. The Bertz CT molecular complexity index is 372. The third-order valence-electron chi connectivity index (χ3n) is 3.56. The Labute approximate surface area is 117 Å². The van der Waals surface area contributed by atoms with E-state index >= 15 is 0 Å². The van der Waals surface area contributed by atoms with Crippen molar-refractivity contribution in [3.8, 4) is 11.5 Å². The number of aromatic hydroxyl groups is 1. The van der Waals surface area contributed by atoms with Crippen molar-refractivity contribution in [3.05, 3.63) is 23.3 Å². The minimum absolute atomic E-state index is 0.382. The van der Waals surface area contributed by atoms with Crippen LogP contribution >= 0.6 is 0 Å². The van der Waals surface area contributed by atoms with E-state index in [1.165, 1.54) is 31.2 Å². The van der Waals surface area contributed by atoms with E-state index in [4.69, 9.17) is 4.74 Å². The van der Waals surface area contributed by atoms with Gasteiger partial charge >= 0.3 is 0 Å². The number of benzene rings is 1. The molecule has 1 aromatic carbocycles. The highest BCUT2D eigenvalue weighted by Crippen LogP contribution is 2.30. The number of hydrogen-bond acceptors (Lipinski definition) is 2. The van der Waals surface area contributed by atoms with Gasteiger partial charge in [0.2, 0.25) is 0 Å².